The van der Waals surface area contributed by atoms with Gasteiger partial charge in [0.2, 0.25) is 0 Å². The summed E-state index contributed by atoms with van der Waals surface area (Å²) in [5, 5.41) is 4.52. The van der Waals surface area contributed by atoms with Crippen LogP contribution >= 0.6 is 23.5 Å². The molecule has 0 fully saturated rings. The average molecular weight is 433 g/mol. The topological polar surface area (TPSA) is 41.6 Å². The van der Waals surface area contributed by atoms with Crippen LogP contribution in [-0.2, 0) is 9.53 Å². The number of fused-ring (bicyclic) bond motifs is 2. The summed E-state index contributed by atoms with van der Waals surface area (Å²) in [4.78, 5) is 12.6. The molecule has 0 bridgehead atoms. The van der Waals surface area contributed by atoms with Crippen LogP contribution in [0.2, 0.25) is 5.02 Å². The molecular weight excluding hydrogens is 404 g/mol. The van der Waals surface area contributed by atoms with E-state index >= 15 is 0 Å². The van der Waals surface area contributed by atoms with Crippen molar-refractivity contribution in [1.82, 2.24) is 5.32 Å². The Morgan fingerprint density at radius 1 is 1.14 bits per heavy atom. The second-order valence-corrected chi connectivity index (χ2v) is 8.79. The Morgan fingerprint density at radius 2 is 1.93 bits per heavy atom. The number of rotatable bonds is 9. The van der Waals surface area contributed by atoms with E-state index in [0.29, 0.717) is 13.0 Å². The summed E-state index contributed by atoms with van der Waals surface area (Å²) in [6.07, 6.45) is 4.64. The van der Waals surface area contributed by atoms with Gasteiger partial charge in [-0.05, 0) is 67.6 Å². The number of para-hydroxylation sites is 1. The molecule has 0 saturated carbocycles. The van der Waals surface area contributed by atoms with E-state index in [1.165, 1.54) is 21.7 Å². The molecular formula is C23H29ClN2O2S. The molecule has 0 saturated heterocycles. The number of nitrogens with zero attached hydrogens (tertiary/aromatic N) is 1. The number of benzene rings is 2. The van der Waals surface area contributed by atoms with Crippen molar-refractivity contribution >= 4 is 35.2 Å². The standard InChI is InChI=1S/C23H29ClN2O2S/c1-3-28-22(27)12-6-4-5-9-15-25-23-18-10-7-8-11-20(18)26(2)29-21-16-17(24)13-14-19(21)23/h7-8,10-11,13-14,16,23,25H,3-6,9,12,15H2,1-2H3. The van der Waals surface area contributed by atoms with Crippen molar-refractivity contribution in [3.8, 4) is 0 Å². The fourth-order valence-corrected chi connectivity index (χ4v) is 4.92. The maximum absolute atomic E-state index is 11.4. The minimum absolute atomic E-state index is 0.0856. The van der Waals surface area contributed by atoms with E-state index in [1.807, 2.05) is 19.1 Å². The molecule has 29 heavy (non-hydrogen) atoms. The number of esters is 1. The van der Waals surface area contributed by atoms with Gasteiger partial charge in [0.25, 0.3) is 0 Å². The molecule has 0 amide bonds. The molecule has 4 nitrogen and oxygen atoms in total. The largest absolute Gasteiger partial charge is 0.466 e. The third kappa shape index (κ3) is 5.91. The van der Waals surface area contributed by atoms with E-state index < -0.39 is 0 Å². The van der Waals surface area contributed by atoms with Crippen LogP contribution in [0.1, 0.15) is 56.2 Å². The van der Waals surface area contributed by atoms with Gasteiger partial charge in [-0.15, -0.1) is 0 Å². The highest BCUT2D eigenvalue weighted by molar-refractivity contribution is 8.00. The van der Waals surface area contributed by atoms with E-state index in [9.17, 15) is 4.79 Å². The minimum Gasteiger partial charge on any atom is -0.466 e. The highest BCUT2D eigenvalue weighted by atomic mass is 35.5. The van der Waals surface area contributed by atoms with Crippen LogP contribution in [-0.4, -0.2) is 26.2 Å². The summed E-state index contributed by atoms with van der Waals surface area (Å²) < 4.78 is 7.19. The van der Waals surface area contributed by atoms with Gasteiger partial charge < -0.3 is 14.4 Å². The molecule has 1 atom stereocenters. The number of halogens is 1. The minimum atomic E-state index is -0.0856. The highest BCUT2D eigenvalue weighted by Crippen LogP contribution is 2.43. The van der Waals surface area contributed by atoms with Crippen molar-refractivity contribution in [2.24, 2.45) is 0 Å². The van der Waals surface area contributed by atoms with Crippen LogP contribution in [0.25, 0.3) is 0 Å². The van der Waals surface area contributed by atoms with E-state index in [4.69, 9.17) is 16.3 Å². The number of hydrogen-bond donors (Lipinski definition) is 1. The normalized spacial score (nSPS) is 15.4. The second kappa shape index (κ2) is 10.9. The maximum Gasteiger partial charge on any atom is 0.305 e. The first-order valence-corrected chi connectivity index (χ1v) is 11.4. The van der Waals surface area contributed by atoms with Crippen molar-refractivity contribution in [3.63, 3.8) is 0 Å². The van der Waals surface area contributed by atoms with Crippen LogP contribution < -0.4 is 9.62 Å². The van der Waals surface area contributed by atoms with Crippen LogP contribution in [0.15, 0.2) is 47.4 Å². The monoisotopic (exact) mass is 432 g/mol. The number of nitrogens with one attached hydrogen (secondary N) is 1. The van der Waals surface area contributed by atoms with Crippen molar-refractivity contribution in [2.45, 2.75) is 50.0 Å². The molecule has 0 radical (unpaired) electrons. The van der Waals surface area contributed by atoms with Gasteiger partial charge in [0.05, 0.1) is 18.3 Å². The lowest BCUT2D eigenvalue weighted by Crippen LogP contribution is -2.24. The summed E-state index contributed by atoms with van der Waals surface area (Å²) in [5.74, 6) is -0.0856. The number of unbranched alkanes of at least 4 members (excludes halogenated alkanes) is 3. The molecule has 1 aliphatic heterocycles. The third-order valence-electron chi connectivity index (χ3n) is 5.07. The van der Waals surface area contributed by atoms with E-state index in [2.05, 4.69) is 47.0 Å². The smallest absolute Gasteiger partial charge is 0.305 e. The van der Waals surface area contributed by atoms with E-state index in [1.54, 1.807) is 11.9 Å². The van der Waals surface area contributed by atoms with Crippen molar-refractivity contribution in [3.05, 3.63) is 58.6 Å². The Hall–Kier alpha value is -1.69. The first-order chi connectivity index (χ1) is 14.1. The average Bonchev–Trinajstić information content (AvgIpc) is 2.82. The zero-order chi connectivity index (χ0) is 20.6. The van der Waals surface area contributed by atoms with Gasteiger partial charge in [-0.1, -0.05) is 48.7 Å². The van der Waals surface area contributed by atoms with Gasteiger partial charge in [0, 0.05) is 23.4 Å². The van der Waals surface area contributed by atoms with Gasteiger partial charge in [-0.3, -0.25) is 4.79 Å². The van der Waals surface area contributed by atoms with Crippen molar-refractivity contribution in [1.29, 1.82) is 0 Å². The molecule has 1 unspecified atom stereocenters. The van der Waals surface area contributed by atoms with Crippen molar-refractivity contribution in [2.75, 3.05) is 24.5 Å². The first kappa shape index (κ1) is 22.0. The van der Waals surface area contributed by atoms with Gasteiger partial charge in [0.15, 0.2) is 0 Å². The summed E-state index contributed by atoms with van der Waals surface area (Å²) in [5.41, 5.74) is 3.76. The van der Waals surface area contributed by atoms with Crippen LogP contribution in [0.5, 0.6) is 0 Å². The molecule has 0 aromatic heterocycles. The Kier molecular flexibility index (Phi) is 8.28. The third-order valence-corrected chi connectivity index (χ3v) is 6.33. The van der Waals surface area contributed by atoms with E-state index in [0.717, 1.165) is 37.3 Å². The molecule has 2 aromatic carbocycles. The number of carbonyl (C=O) groups excluding carboxylic acids is 1. The molecule has 1 N–H and O–H groups in total. The lowest BCUT2D eigenvalue weighted by Gasteiger charge is -2.22. The number of ether oxygens (including phenoxy) is 1. The number of hydrogen-bond acceptors (Lipinski definition) is 5. The molecule has 156 valence electrons. The maximum atomic E-state index is 11.4. The highest BCUT2D eigenvalue weighted by Gasteiger charge is 2.26. The first-order valence-electron chi connectivity index (χ1n) is 10.3. The summed E-state index contributed by atoms with van der Waals surface area (Å²) in [6, 6.07) is 14.8. The van der Waals surface area contributed by atoms with Crippen LogP contribution in [0, 0.1) is 0 Å². The molecule has 0 spiro atoms. The predicted octanol–water partition coefficient (Wildman–Crippen LogP) is 5.99. The van der Waals surface area contributed by atoms with Crippen molar-refractivity contribution < 1.29 is 9.53 Å². The quantitative estimate of drug-likeness (QED) is 0.299. The summed E-state index contributed by atoms with van der Waals surface area (Å²) >= 11 is 7.98. The van der Waals surface area contributed by atoms with Gasteiger partial charge in [-0.2, -0.15) is 0 Å². The van der Waals surface area contributed by atoms with Gasteiger partial charge >= 0.3 is 5.97 Å². The SMILES string of the molecule is CCOC(=O)CCCCCCNC1c2ccc(Cl)cc2SN(C)c2ccccc21. The molecule has 1 heterocycles. The Labute approximate surface area is 183 Å². The second-order valence-electron chi connectivity index (χ2n) is 7.19. The molecule has 6 heteroatoms. The Bertz CT molecular complexity index is 830. The lowest BCUT2D eigenvalue weighted by molar-refractivity contribution is -0.143. The fourth-order valence-electron chi connectivity index (χ4n) is 3.66. The fraction of sp³-hybridized carbons (Fsp3) is 0.435. The van der Waals surface area contributed by atoms with Crippen LogP contribution in [0.4, 0.5) is 5.69 Å². The van der Waals surface area contributed by atoms with Crippen LogP contribution in [0.3, 0.4) is 0 Å². The zero-order valence-electron chi connectivity index (χ0n) is 17.1. The van der Waals surface area contributed by atoms with E-state index in [-0.39, 0.29) is 12.0 Å². The summed E-state index contributed by atoms with van der Waals surface area (Å²) in [7, 11) is 2.10. The molecule has 0 aliphatic carbocycles. The van der Waals surface area contributed by atoms with Gasteiger partial charge in [0.1, 0.15) is 0 Å². The molecule has 1 aliphatic rings. The zero-order valence-corrected chi connectivity index (χ0v) is 18.7. The Balaban J connectivity index is 1.61. The van der Waals surface area contributed by atoms with Gasteiger partial charge in [-0.25, -0.2) is 0 Å². The molecule has 3 rings (SSSR count). The predicted molar refractivity (Wildman–Crippen MR) is 122 cm³/mol. The molecule has 2 aromatic rings. The lowest BCUT2D eigenvalue weighted by atomic mass is 9.96. The Morgan fingerprint density at radius 3 is 2.76 bits per heavy atom. The number of anilines is 1. The number of carbonyl (C=O) groups is 1. The summed E-state index contributed by atoms with van der Waals surface area (Å²) in [6.45, 7) is 3.23.